The number of fused-ring (bicyclic) bond motifs is 1. The number of nitro benzene ring substituents is 1. The third-order valence-corrected chi connectivity index (χ3v) is 9.25. The number of nitro groups is 1. The van der Waals surface area contributed by atoms with Gasteiger partial charge in [-0.2, -0.15) is 0 Å². The van der Waals surface area contributed by atoms with Crippen molar-refractivity contribution in [3.8, 4) is 0 Å². The first-order valence-electron chi connectivity index (χ1n) is 13.0. The van der Waals surface area contributed by atoms with Crippen molar-refractivity contribution in [1.29, 1.82) is 0 Å². The van der Waals surface area contributed by atoms with Gasteiger partial charge in [0.25, 0.3) is 11.5 Å². The molecule has 1 aliphatic rings. The SMILES string of the molecule is Cc1ccc(C(O)=C2C(=O)C(=O)N(c3nnc(SCc4cccc5ccccc45)s3)[C@H]2c2ccc([N+](=O)[O-])cc2)cc1F. The van der Waals surface area contributed by atoms with Crippen LogP contribution in [0.25, 0.3) is 16.5 Å². The predicted molar refractivity (Wildman–Crippen MR) is 162 cm³/mol. The lowest BCUT2D eigenvalue weighted by Crippen LogP contribution is -2.29. The molecule has 5 aromatic rings. The van der Waals surface area contributed by atoms with Gasteiger partial charge in [-0.1, -0.05) is 77.7 Å². The Kier molecular flexibility index (Phi) is 7.46. The number of carbonyl (C=O) groups excluding carboxylic acids is 2. The van der Waals surface area contributed by atoms with Crippen LogP contribution >= 0.6 is 23.1 Å². The summed E-state index contributed by atoms with van der Waals surface area (Å²) in [6.07, 6.45) is 0. The maximum absolute atomic E-state index is 14.4. The van der Waals surface area contributed by atoms with E-state index >= 15 is 0 Å². The molecule has 1 atom stereocenters. The normalized spacial score (nSPS) is 16.2. The molecule has 0 bridgehead atoms. The summed E-state index contributed by atoms with van der Waals surface area (Å²) in [4.78, 5) is 38.7. The molecule has 1 aliphatic heterocycles. The smallest absolute Gasteiger partial charge is 0.301 e. The number of ketones is 1. The number of hydrogen-bond acceptors (Lipinski definition) is 9. The van der Waals surface area contributed by atoms with E-state index in [1.54, 1.807) is 6.92 Å². The Bertz CT molecular complexity index is 1950. The number of aryl methyl sites for hydroxylation is 1. The van der Waals surface area contributed by atoms with Crippen LogP contribution in [0, 0.1) is 22.9 Å². The van der Waals surface area contributed by atoms with Gasteiger partial charge in [-0.25, -0.2) is 4.39 Å². The largest absolute Gasteiger partial charge is 0.507 e. The summed E-state index contributed by atoms with van der Waals surface area (Å²) < 4.78 is 14.9. The first-order chi connectivity index (χ1) is 20.7. The van der Waals surface area contributed by atoms with Gasteiger partial charge in [-0.15, -0.1) is 10.2 Å². The van der Waals surface area contributed by atoms with Gasteiger partial charge in [0.1, 0.15) is 11.6 Å². The molecule has 43 heavy (non-hydrogen) atoms. The third-order valence-electron chi connectivity index (χ3n) is 7.14. The molecule has 12 heteroatoms. The third kappa shape index (κ3) is 5.26. The zero-order chi connectivity index (χ0) is 30.2. The van der Waals surface area contributed by atoms with Crippen molar-refractivity contribution in [2.45, 2.75) is 23.1 Å². The van der Waals surface area contributed by atoms with Gasteiger partial charge in [0.2, 0.25) is 5.13 Å². The topological polar surface area (TPSA) is 127 Å². The molecule has 0 aliphatic carbocycles. The number of aromatic nitrogens is 2. The number of aliphatic hydroxyl groups excluding tert-OH is 1. The highest BCUT2D eigenvalue weighted by Crippen LogP contribution is 2.44. The molecular weight excluding hydrogens is 591 g/mol. The molecule has 4 aromatic carbocycles. The summed E-state index contributed by atoms with van der Waals surface area (Å²) in [5, 5.41) is 33.3. The number of non-ortho nitro benzene ring substituents is 1. The van der Waals surface area contributed by atoms with E-state index in [1.165, 1.54) is 48.2 Å². The van der Waals surface area contributed by atoms with Gasteiger partial charge in [0.15, 0.2) is 4.34 Å². The Labute approximate surface area is 252 Å². The number of benzene rings is 4. The molecule has 9 nitrogen and oxygen atoms in total. The minimum absolute atomic E-state index is 0.0107. The van der Waals surface area contributed by atoms with Gasteiger partial charge in [-0.3, -0.25) is 24.6 Å². The molecule has 1 fully saturated rings. The van der Waals surface area contributed by atoms with Gasteiger partial charge in [0.05, 0.1) is 16.5 Å². The number of rotatable bonds is 7. The van der Waals surface area contributed by atoms with E-state index < -0.39 is 34.2 Å². The van der Waals surface area contributed by atoms with Gasteiger partial charge < -0.3 is 5.11 Å². The first kappa shape index (κ1) is 28.2. The van der Waals surface area contributed by atoms with E-state index in [1.807, 2.05) is 42.5 Å². The summed E-state index contributed by atoms with van der Waals surface area (Å²) in [6.45, 7) is 1.56. The number of Topliss-reactive ketones (excluding diaryl/α,β-unsaturated/α-hetero) is 1. The fourth-order valence-electron chi connectivity index (χ4n) is 4.94. The van der Waals surface area contributed by atoms with E-state index in [4.69, 9.17) is 0 Å². The van der Waals surface area contributed by atoms with E-state index in [0.717, 1.165) is 38.6 Å². The van der Waals surface area contributed by atoms with Crippen LogP contribution in [0.2, 0.25) is 0 Å². The van der Waals surface area contributed by atoms with Crippen molar-refractivity contribution in [2.75, 3.05) is 4.90 Å². The number of thioether (sulfide) groups is 1. The summed E-state index contributed by atoms with van der Waals surface area (Å²) in [5.74, 6) is -2.54. The molecule has 1 aromatic heterocycles. The lowest BCUT2D eigenvalue weighted by atomic mass is 9.95. The van der Waals surface area contributed by atoms with Crippen molar-refractivity contribution in [3.63, 3.8) is 0 Å². The summed E-state index contributed by atoms with van der Waals surface area (Å²) in [6, 6.07) is 22.1. The predicted octanol–water partition coefficient (Wildman–Crippen LogP) is 6.97. The highest BCUT2D eigenvalue weighted by molar-refractivity contribution is 8.00. The van der Waals surface area contributed by atoms with Crippen LogP contribution in [0.4, 0.5) is 15.2 Å². The highest BCUT2D eigenvalue weighted by atomic mass is 32.2. The van der Waals surface area contributed by atoms with Crippen LogP contribution in [-0.2, 0) is 15.3 Å². The minimum atomic E-state index is -1.19. The van der Waals surface area contributed by atoms with Crippen LogP contribution in [0.1, 0.15) is 28.3 Å². The number of halogens is 1. The average molecular weight is 613 g/mol. The van der Waals surface area contributed by atoms with E-state index in [9.17, 15) is 29.2 Å². The van der Waals surface area contributed by atoms with Crippen molar-refractivity contribution < 1.29 is 24.0 Å². The Morgan fingerprint density at radius 1 is 1.05 bits per heavy atom. The van der Waals surface area contributed by atoms with Crippen LogP contribution in [-0.4, -0.2) is 31.9 Å². The molecule has 2 heterocycles. The van der Waals surface area contributed by atoms with Crippen LogP contribution in [0.3, 0.4) is 0 Å². The summed E-state index contributed by atoms with van der Waals surface area (Å²) in [7, 11) is 0. The van der Waals surface area contributed by atoms with Gasteiger partial charge in [-0.05, 0) is 52.6 Å². The number of aliphatic hydroxyl groups is 1. The standard InChI is InChI=1S/C31H21FN4O5S2/c1-17-9-10-20(15-24(17)32)27(37)25-26(19-11-13-22(14-12-19)36(40)41)35(29(39)28(25)38)30-33-34-31(43-30)42-16-21-7-4-6-18-5-2-3-8-23(18)21/h2-15,26,37H,16H2,1H3/t26-/m0/s1. The molecule has 0 spiro atoms. The number of carbonyl (C=O) groups is 2. The first-order valence-corrected chi connectivity index (χ1v) is 14.8. The van der Waals surface area contributed by atoms with Crippen LogP contribution in [0.15, 0.2) is 94.8 Å². The van der Waals surface area contributed by atoms with Gasteiger partial charge >= 0.3 is 5.91 Å². The van der Waals surface area contributed by atoms with E-state index in [2.05, 4.69) is 10.2 Å². The fourth-order valence-corrected chi connectivity index (χ4v) is 6.81. The van der Waals surface area contributed by atoms with Crippen LogP contribution < -0.4 is 4.90 Å². The highest BCUT2D eigenvalue weighted by Gasteiger charge is 2.48. The second kappa shape index (κ2) is 11.4. The number of anilines is 1. The number of hydrogen-bond donors (Lipinski definition) is 1. The monoisotopic (exact) mass is 612 g/mol. The molecule has 1 N–H and O–H groups in total. The maximum Gasteiger partial charge on any atom is 0.301 e. The van der Waals surface area contributed by atoms with E-state index in [0.29, 0.717) is 21.2 Å². The average Bonchev–Trinajstić information content (AvgIpc) is 3.58. The lowest BCUT2D eigenvalue weighted by Gasteiger charge is -2.22. The summed E-state index contributed by atoms with van der Waals surface area (Å²) >= 11 is 2.53. The molecule has 214 valence electrons. The maximum atomic E-state index is 14.4. The second-order valence-corrected chi connectivity index (χ2v) is 11.9. The van der Waals surface area contributed by atoms with Crippen molar-refractivity contribution in [3.05, 3.63) is 129 Å². The van der Waals surface area contributed by atoms with Crippen LogP contribution in [0.5, 0.6) is 0 Å². The quantitative estimate of drug-likeness (QED) is 0.0397. The zero-order valence-electron chi connectivity index (χ0n) is 22.4. The van der Waals surface area contributed by atoms with Crippen molar-refractivity contribution in [1.82, 2.24) is 10.2 Å². The Balaban J connectivity index is 1.39. The minimum Gasteiger partial charge on any atom is -0.507 e. The summed E-state index contributed by atoms with van der Waals surface area (Å²) in [5.41, 5.74) is 1.28. The Morgan fingerprint density at radius 2 is 1.79 bits per heavy atom. The molecule has 0 saturated carbocycles. The molecule has 6 rings (SSSR count). The molecule has 1 amide bonds. The van der Waals surface area contributed by atoms with Gasteiger partial charge in [0, 0.05) is 23.4 Å². The van der Waals surface area contributed by atoms with Crippen molar-refractivity contribution >= 4 is 62.1 Å². The van der Waals surface area contributed by atoms with Crippen molar-refractivity contribution in [2.24, 2.45) is 0 Å². The Morgan fingerprint density at radius 3 is 2.53 bits per heavy atom. The number of nitrogens with zero attached hydrogens (tertiary/aromatic N) is 4. The molecular formula is C31H21FN4O5S2. The zero-order valence-corrected chi connectivity index (χ0v) is 24.1. The molecule has 0 radical (unpaired) electrons. The number of amides is 1. The Hall–Kier alpha value is -4.94. The fraction of sp³-hybridized carbons (Fsp3) is 0.0968. The molecule has 1 saturated heterocycles. The lowest BCUT2D eigenvalue weighted by molar-refractivity contribution is -0.384. The second-order valence-electron chi connectivity index (χ2n) is 9.76. The molecule has 0 unspecified atom stereocenters. The van der Waals surface area contributed by atoms with E-state index in [-0.39, 0.29) is 22.0 Å².